The summed E-state index contributed by atoms with van der Waals surface area (Å²) in [5.41, 5.74) is 1.39. The first-order valence-electron chi connectivity index (χ1n) is 4.83. The summed E-state index contributed by atoms with van der Waals surface area (Å²) in [7, 11) is 2.16. The van der Waals surface area contributed by atoms with Crippen LogP contribution in [0.15, 0.2) is 30.3 Å². The zero-order chi connectivity index (χ0) is 9.52. The molecule has 0 fully saturated rings. The van der Waals surface area contributed by atoms with Crippen molar-refractivity contribution in [2.24, 2.45) is 0 Å². The SMILES string of the molecule is C[CH]CCN(C)Cc1ccccc1. The van der Waals surface area contributed by atoms with Crippen LogP contribution < -0.4 is 0 Å². The lowest BCUT2D eigenvalue weighted by molar-refractivity contribution is 0.330. The quantitative estimate of drug-likeness (QED) is 0.666. The number of unbranched alkanes of at least 4 members (excludes halogenated alkanes) is 1. The molecule has 0 aromatic heterocycles. The summed E-state index contributed by atoms with van der Waals surface area (Å²) >= 11 is 0. The Morgan fingerprint density at radius 3 is 2.54 bits per heavy atom. The molecule has 0 spiro atoms. The highest BCUT2D eigenvalue weighted by Crippen LogP contribution is 2.02. The molecule has 0 bridgehead atoms. The fourth-order valence-corrected chi connectivity index (χ4v) is 1.32. The number of hydrogen-bond donors (Lipinski definition) is 0. The van der Waals surface area contributed by atoms with E-state index in [1.165, 1.54) is 12.0 Å². The van der Waals surface area contributed by atoms with Gasteiger partial charge < -0.3 is 4.90 Å². The molecule has 0 aliphatic carbocycles. The maximum atomic E-state index is 2.34. The van der Waals surface area contributed by atoms with Crippen molar-refractivity contribution in [1.29, 1.82) is 0 Å². The molecule has 71 valence electrons. The molecule has 13 heavy (non-hydrogen) atoms. The summed E-state index contributed by atoms with van der Waals surface area (Å²) in [6.45, 7) is 4.30. The lowest BCUT2D eigenvalue weighted by Gasteiger charge is -2.15. The maximum Gasteiger partial charge on any atom is 0.0230 e. The van der Waals surface area contributed by atoms with Crippen molar-refractivity contribution in [3.05, 3.63) is 42.3 Å². The topological polar surface area (TPSA) is 3.24 Å². The number of hydrogen-bond acceptors (Lipinski definition) is 1. The summed E-state index contributed by atoms with van der Waals surface area (Å²) in [5.74, 6) is 0. The van der Waals surface area contributed by atoms with Crippen molar-refractivity contribution in [2.75, 3.05) is 13.6 Å². The van der Waals surface area contributed by atoms with E-state index >= 15 is 0 Å². The van der Waals surface area contributed by atoms with E-state index in [-0.39, 0.29) is 0 Å². The second-order valence-corrected chi connectivity index (χ2v) is 3.42. The predicted octanol–water partition coefficient (Wildman–Crippen LogP) is 2.73. The molecule has 1 aromatic rings. The molecule has 1 aromatic carbocycles. The molecule has 0 amide bonds. The average Bonchev–Trinajstić information content (AvgIpc) is 2.16. The molecule has 0 aliphatic rings. The van der Waals surface area contributed by atoms with Crippen molar-refractivity contribution >= 4 is 0 Å². The summed E-state index contributed by atoms with van der Waals surface area (Å²) in [6, 6.07) is 10.6. The molecule has 1 rings (SSSR count). The minimum Gasteiger partial charge on any atom is -0.302 e. The lowest BCUT2D eigenvalue weighted by Crippen LogP contribution is -2.18. The van der Waals surface area contributed by atoms with E-state index in [0.29, 0.717) is 0 Å². The lowest BCUT2D eigenvalue weighted by atomic mass is 10.2. The number of rotatable bonds is 5. The van der Waals surface area contributed by atoms with E-state index in [1.807, 2.05) is 0 Å². The molecule has 0 aliphatic heterocycles. The van der Waals surface area contributed by atoms with Gasteiger partial charge in [0.2, 0.25) is 0 Å². The van der Waals surface area contributed by atoms with Gasteiger partial charge in [-0.05, 0) is 32.0 Å². The van der Waals surface area contributed by atoms with E-state index in [4.69, 9.17) is 0 Å². The monoisotopic (exact) mass is 176 g/mol. The van der Waals surface area contributed by atoms with Crippen molar-refractivity contribution in [1.82, 2.24) is 4.90 Å². The first kappa shape index (κ1) is 10.3. The maximum absolute atomic E-state index is 2.34. The van der Waals surface area contributed by atoms with Gasteiger partial charge in [0.15, 0.2) is 0 Å². The third kappa shape index (κ3) is 4.09. The Morgan fingerprint density at radius 1 is 1.23 bits per heavy atom. The van der Waals surface area contributed by atoms with Gasteiger partial charge >= 0.3 is 0 Å². The van der Waals surface area contributed by atoms with Crippen LogP contribution in [0.3, 0.4) is 0 Å². The van der Waals surface area contributed by atoms with Gasteiger partial charge in [0.1, 0.15) is 0 Å². The molecule has 0 unspecified atom stereocenters. The van der Waals surface area contributed by atoms with Gasteiger partial charge in [0, 0.05) is 6.54 Å². The Balaban J connectivity index is 2.32. The summed E-state index contributed by atoms with van der Waals surface area (Å²) < 4.78 is 0. The van der Waals surface area contributed by atoms with Crippen molar-refractivity contribution in [3.8, 4) is 0 Å². The minimum atomic E-state index is 1.05. The van der Waals surface area contributed by atoms with E-state index in [1.54, 1.807) is 0 Å². The zero-order valence-corrected chi connectivity index (χ0v) is 8.53. The predicted molar refractivity (Wildman–Crippen MR) is 57.4 cm³/mol. The van der Waals surface area contributed by atoms with Crippen LogP contribution in [-0.4, -0.2) is 18.5 Å². The van der Waals surface area contributed by atoms with Crippen LogP contribution in [0.1, 0.15) is 18.9 Å². The Hall–Kier alpha value is -0.820. The molecular formula is C12H18N. The van der Waals surface area contributed by atoms with Crippen LogP contribution in [0, 0.1) is 6.42 Å². The van der Waals surface area contributed by atoms with Gasteiger partial charge in [0.05, 0.1) is 0 Å². The first-order valence-corrected chi connectivity index (χ1v) is 4.83. The van der Waals surface area contributed by atoms with E-state index in [0.717, 1.165) is 13.1 Å². The minimum absolute atomic E-state index is 1.05. The number of nitrogens with zero attached hydrogens (tertiary/aromatic N) is 1. The average molecular weight is 176 g/mol. The molecule has 0 atom stereocenters. The van der Waals surface area contributed by atoms with E-state index in [9.17, 15) is 0 Å². The fraction of sp³-hybridized carbons (Fsp3) is 0.417. The van der Waals surface area contributed by atoms with Crippen molar-refractivity contribution < 1.29 is 0 Å². The molecule has 0 N–H and O–H groups in total. The summed E-state index contributed by atoms with van der Waals surface area (Å²) in [4.78, 5) is 2.34. The van der Waals surface area contributed by atoms with E-state index < -0.39 is 0 Å². The summed E-state index contributed by atoms with van der Waals surface area (Å²) in [5, 5.41) is 0. The highest BCUT2D eigenvalue weighted by Gasteiger charge is 1.97. The highest BCUT2D eigenvalue weighted by molar-refractivity contribution is 5.14. The Bertz CT molecular complexity index is 218. The molecule has 0 saturated carbocycles. The van der Waals surface area contributed by atoms with Crippen LogP contribution in [0.2, 0.25) is 0 Å². The van der Waals surface area contributed by atoms with Crippen LogP contribution in [-0.2, 0) is 6.54 Å². The molecular weight excluding hydrogens is 158 g/mol. The Morgan fingerprint density at radius 2 is 1.92 bits per heavy atom. The number of benzene rings is 1. The third-order valence-corrected chi connectivity index (χ3v) is 2.09. The second kappa shape index (κ2) is 5.76. The third-order valence-electron chi connectivity index (χ3n) is 2.09. The largest absolute Gasteiger partial charge is 0.302 e. The molecule has 1 radical (unpaired) electrons. The van der Waals surface area contributed by atoms with Crippen LogP contribution in [0.5, 0.6) is 0 Å². The van der Waals surface area contributed by atoms with Gasteiger partial charge in [-0.2, -0.15) is 0 Å². The first-order chi connectivity index (χ1) is 6.33. The Kier molecular flexibility index (Phi) is 4.55. The van der Waals surface area contributed by atoms with E-state index in [2.05, 4.69) is 55.6 Å². The van der Waals surface area contributed by atoms with Gasteiger partial charge in [0.25, 0.3) is 0 Å². The highest BCUT2D eigenvalue weighted by atomic mass is 15.1. The normalized spacial score (nSPS) is 10.7. The van der Waals surface area contributed by atoms with Crippen LogP contribution in [0.4, 0.5) is 0 Å². The molecule has 0 heterocycles. The van der Waals surface area contributed by atoms with Gasteiger partial charge in [-0.1, -0.05) is 37.3 Å². The molecule has 0 saturated heterocycles. The molecule has 1 nitrogen and oxygen atoms in total. The van der Waals surface area contributed by atoms with Crippen molar-refractivity contribution in [2.45, 2.75) is 19.9 Å². The van der Waals surface area contributed by atoms with Gasteiger partial charge in [-0.15, -0.1) is 0 Å². The van der Waals surface area contributed by atoms with Gasteiger partial charge in [-0.25, -0.2) is 0 Å². The Labute approximate surface area is 81.4 Å². The van der Waals surface area contributed by atoms with Crippen LogP contribution in [0.25, 0.3) is 0 Å². The van der Waals surface area contributed by atoms with Gasteiger partial charge in [-0.3, -0.25) is 0 Å². The second-order valence-electron chi connectivity index (χ2n) is 3.42. The standard InChI is InChI=1S/C12H18N/c1-3-4-10-13(2)11-12-8-6-5-7-9-12/h3,5-9H,4,10-11H2,1-2H3. The van der Waals surface area contributed by atoms with Crippen LogP contribution >= 0.6 is 0 Å². The van der Waals surface area contributed by atoms with Crippen molar-refractivity contribution in [3.63, 3.8) is 0 Å². The molecule has 1 heteroatoms. The summed E-state index contributed by atoms with van der Waals surface area (Å²) in [6.07, 6.45) is 3.38. The zero-order valence-electron chi connectivity index (χ0n) is 8.53. The fourth-order valence-electron chi connectivity index (χ4n) is 1.32. The smallest absolute Gasteiger partial charge is 0.0230 e.